The van der Waals surface area contributed by atoms with Crippen LogP contribution < -0.4 is 22.5 Å². The van der Waals surface area contributed by atoms with Gasteiger partial charge in [0.15, 0.2) is 5.96 Å². The summed E-state index contributed by atoms with van der Waals surface area (Å²) < 4.78 is 0. The molecule has 0 heterocycles. The molecule has 3 aromatic carbocycles. The van der Waals surface area contributed by atoms with Crippen molar-refractivity contribution in [2.24, 2.45) is 22.2 Å². The SMILES string of the molecule is NC(N)=Nc1ccc(C(N)C(=O)Nc2ccc3ccccc3c2)cc1. The molecule has 25 heavy (non-hydrogen) atoms. The lowest BCUT2D eigenvalue weighted by Crippen LogP contribution is -2.27. The van der Waals surface area contributed by atoms with E-state index in [-0.39, 0.29) is 11.9 Å². The Morgan fingerprint density at radius 1 is 0.920 bits per heavy atom. The highest BCUT2D eigenvalue weighted by Gasteiger charge is 2.16. The van der Waals surface area contributed by atoms with Gasteiger partial charge in [0.1, 0.15) is 6.04 Å². The van der Waals surface area contributed by atoms with E-state index in [1.807, 2.05) is 42.5 Å². The Hall–Kier alpha value is -3.38. The Balaban J connectivity index is 1.74. The number of carbonyl (C=O) groups excluding carboxylic acids is 1. The van der Waals surface area contributed by atoms with E-state index in [0.717, 1.165) is 10.8 Å². The first-order valence-corrected chi connectivity index (χ1v) is 7.78. The second-order valence-electron chi connectivity index (χ2n) is 5.66. The standard InChI is InChI=1S/C19H19N5O/c20-17(13-6-8-15(9-7-13)24-19(21)22)18(25)23-16-10-5-12-3-1-2-4-14(12)11-16/h1-11,17H,20H2,(H,23,25)(H4,21,22,24). The summed E-state index contributed by atoms with van der Waals surface area (Å²) in [5, 5.41) is 5.01. The van der Waals surface area contributed by atoms with Gasteiger partial charge in [-0.1, -0.05) is 42.5 Å². The quantitative estimate of drug-likeness (QED) is 0.433. The molecule has 0 bridgehead atoms. The number of guanidine groups is 1. The minimum Gasteiger partial charge on any atom is -0.370 e. The van der Waals surface area contributed by atoms with Crippen molar-refractivity contribution in [2.45, 2.75) is 6.04 Å². The van der Waals surface area contributed by atoms with Crippen LogP contribution in [0.25, 0.3) is 10.8 Å². The van der Waals surface area contributed by atoms with E-state index in [9.17, 15) is 4.79 Å². The van der Waals surface area contributed by atoms with Gasteiger partial charge in [-0.05, 0) is 40.6 Å². The van der Waals surface area contributed by atoms with Crippen molar-refractivity contribution >= 4 is 34.0 Å². The first kappa shape index (κ1) is 16.5. The molecule has 0 aliphatic heterocycles. The molecule has 1 unspecified atom stereocenters. The summed E-state index contributed by atoms with van der Waals surface area (Å²) in [6, 6.07) is 19.8. The molecule has 126 valence electrons. The van der Waals surface area contributed by atoms with Crippen molar-refractivity contribution in [3.05, 3.63) is 72.3 Å². The third kappa shape index (κ3) is 3.94. The first-order valence-electron chi connectivity index (χ1n) is 7.78. The van der Waals surface area contributed by atoms with Gasteiger partial charge in [0.25, 0.3) is 0 Å². The summed E-state index contributed by atoms with van der Waals surface area (Å²) in [5.74, 6) is -0.309. The van der Waals surface area contributed by atoms with Gasteiger partial charge in [-0.2, -0.15) is 0 Å². The summed E-state index contributed by atoms with van der Waals surface area (Å²) in [4.78, 5) is 16.3. The molecular formula is C19H19N5O. The predicted molar refractivity (Wildman–Crippen MR) is 101 cm³/mol. The number of rotatable bonds is 4. The maximum Gasteiger partial charge on any atom is 0.245 e. The van der Waals surface area contributed by atoms with E-state index in [2.05, 4.69) is 10.3 Å². The fourth-order valence-corrected chi connectivity index (χ4v) is 2.54. The Morgan fingerprint density at radius 2 is 1.60 bits per heavy atom. The van der Waals surface area contributed by atoms with Crippen LogP contribution in [0.5, 0.6) is 0 Å². The molecule has 0 saturated carbocycles. The molecule has 1 atom stereocenters. The van der Waals surface area contributed by atoms with E-state index >= 15 is 0 Å². The second-order valence-corrected chi connectivity index (χ2v) is 5.66. The molecule has 0 aromatic heterocycles. The zero-order chi connectivity index (χ0) is 17.8. The van der Waals surface area contributed by atoms with Crippen LogP contribution in [0.1, 0.15) is 11.6 Å². The van der Waals surface area contributed by atoms with Crippen LogP contribution >= 0.6 is 0 Å². The summed E-state index contributed by atoms with van der Waals surface area (Å²) in [6.07, 6.45) is 0. The van der Waals surface area contributed by atoms with E-state index in [4.69, 9.17) is 17.2 Å². The smallest absolute Gasteiger partial charge is 0.245 e. The number of fused-ring (bicyclic) bond motifs is 1. The van der Waals surface area contributed by atoms with Crippen LogP contribution in [0.2, 0.25) is 0 Å². The molecule has 0 aliphatic rings. The highest BCUT2D eigenvalue weighted by Crippen LogP contribution is 2.21. The van der Waals surface area contributed by atoms with E-state index in [0.29, 0.717) is 16.9 Å². The van der Waals surface area contributed by atoms with Gasteiger partial charge in [-0.3, -0.25) is 4.79 Å². The third-order valence-electron chi connectivity index (χ3n) is 3.81. The molecule has 7 N–H and O–H groups in total. The van der Waals surface area contributed by atoms with Crippen molar-refractivity contribution < 1.29 is 4.79 Å². The molecule has 3 aromatic rings. The van der Waals surface area contributed by atoms with Gasteiger partial charge >= 0.3 is 0 Å². The van der Waals surface area contributed by atoms with E-state index in [1.165, 1.54) is 0 Å². The topological polar surface area (TPSA) is 120 Å². The Labute approximate surface area is 145 Å². The summed E-state index contributed by atoms with van der Waals surface area (Å²) in [5.41, 5.74) is 18.7. The monoisotopic (exact) mass is 333 g/mol. The molecule has 0 fully saturated rings. The Bertz CT molecular complexity index is 930. The second kappa shape index (κ2) is 7.02. The normalized spacial score (nSPS) is 11.7. The number of carbonyl (C=O) groups is 1. The van der Waals surface area contributed by atoms with Crippen molar-refractivity contribution in [2.75, 3.05) is 5.32 Å². The van der Waals surface area contributed by atoms with Crippen molar-refractivity contribution in [1.82, 2.24) is 0 Å². The van der Waals surface area contributed by atoms with Crippen molar-refractivity contribution in [3.63, 3.8) is 0 Å². The first-order chi connectivity index (χ1) is 12.0. The zero-order valence-corrected chi connectivity index (χ0v) is 13.5. The molecule has 0 aliphatic carbocycles. The molecule has 6 nitrogen and oxygen atoms in total. The summed E-state index contributed by atoms with van der Waals surface area (Å²) in [7, 11) is 0. The average Bonchev–Trinajstić information content (AvgIpc) is 2.61. The fraction of sp³-hybridized carbons (Fsp3) is 0.0526. The number of nitrogens with zero attached hydrogens (tertiary/aromatic N) is 1. The lowest BCUT2D eigenvalue weighted by molar-refractivity contribution is -0.117. The van der Waals surface area contributed by atoms with Crippen molar-refractivity contribution in [1.29, 1.82) is 0 Å². The molecule has 1 amide bonds. The maximum atomic E-state index is 12.4. The van der Waals surface area contributed by atoms with Crippen LogP contribution in [0.15, 0.2) is 71.7 Å². The third-order valence-corrected chi connectivity index (χ3v) is 3.81. The fourth-order valence-electron chi connectivity index (χ4n) is 2.54. The van der Waals surface area contributed by atoms with Crippen LogP contribution in [0.3, 0.4) is 0 Å². The number of hydrogen-bond acceptors (Lipinski definition) is 3. The van der Waals surface area contributed by atoms with E-state index < -0.39 is 6.04 Å². The summed E-state index contributed by atoms with van der Waals surface area (Å²) in [6.45, 7) is 0. The number of nitrogens with two attached hydrogens (primary N) is 3. The van der Waals surface area contributed by atoms with Gasteiger partial charge in [0.2, 0.25) is 5.91 Å². The number of nitrogens with one attached hydrogen (secondary N) is 1. The maximum absolute atomic E-state index is 12.4. The van der Waals surface area contributed by atoms with Gasteiger partial charge in [-0.25, -0.2) is 4.99 Å². The van der Waals surface area contributed by atoms with Crippen molar-refractivity contribution in [3.8, 4) is 0 Å². The number of aliphatic imine (C=N–C) groups is 1. The highest BCUT2D eigenvalue weighted by atomic mass is 16.2. The van der Waals surface area contributed by atoms with Gasteiger partial charge in [0.05, 0.1) is 5.69 Å². The largest absolute Gasteiger partial charge is 0.370 e. The highest BCUT2D eigenvalue weighted by molar-refractivity contribution is 5.97. The summed E-state index contributed by atoms with van der Waals surface area (Å²) >= 11 is 0. The number of hydrogen-bond donors (Lipinski definition) is 4. The van der Waals surface area contributed by atoms with Gasteiger partial charge < -0.3 is 22.5 Å². The predicted octanol–water partition coefficient (Wildman–Crippen LogP) is 2.38. The van der Waals surface area contributed by atoms with Crippen LogP contribution in [0.4, 0.5) is 11.4 Å². The lowest BCUT2D eigenvalue weighted by Gasteiger charge is -2.13. The molecule has 6 heteroatoms. The molecule has 0 saturated heterocycles. The number of benzene rings is 3. The number of amides is 1. The minimum absolute atomic E-state index is 0.0221. The van der Waals surface area contributed by atoms with Crippen LogP contribution in [-0.4, -0.2) is 11.9 Å². The molecule has 0 radical (unpaired) electrons. The van der Waals surface area contributed by atoms with Crippen LogP contribution in [-0.2, 0) is 4.79 Å². The van der Waals surface area contributed by atoms with Gasteiger partial charge in [-0.15, -0.1) is 0 Å². The Kier molecular flexibility index (Phi) is 4.63. The zero-order valence-electron chi connectivity index (χ0n) is 13.5. The molecule has 3 rings (SSSR count). The minimum atomic E-state index is -0.792. The molecule has 0 spiro atoms. The Morgan fingerprint density at radius 3 is 2.28 bits per heavy atom. The lowest BCUT2D eigenvalue weighted by atomic mass is 10.1. The molecular weight excluding hydrogens is 314 g/mol. The van der Waals surface area contributed by atoms with Gasteiger partial charge in [0, 0.05) is 5.69 Å². The van der Waals surface area contributed by atoms with E-state index in [1.54, 1.807) is 24.3 Å². The van der Waals surface area contributed by atoms with Crippen LogP contribution in [0, 0.1) is 0 Å². The number of anilines is 1. The average molecular weight is 333 g/mol.